The zero-order valence-electron chi connectivity index (χ0n) is 10.8. The first kappa shape index (κ1) is 12.4. The molecule has 0 spiro atoms. The molecule has 1 aliphatic rings. The Balaban J connectivity index is 1.66. The molecule has 0 fully saturated rings. The molecule has 1 aliphatic heterocycles. The molecule has 2 heterocycles. The zero-order chi connectivity index (χ0) is 13.1. The molecule has 1 aromatic carbocycles. The Kier molecular flexibility index (Phi) is 3.66. The van der Waals surface area contributed by atoms with Gasteiger partial charge in [-0.1, -0.05) is 6.07 Å². The molecule has 0 unspecified atom stereocenters. The van der Waals surface area contributed by atoms with Crippen molar-refractivity contribution in [3.05, 3.63) is 40.3 Å². The average molecular weight is 276 g/mol. The highest BCUT2D eigenvalue weighted by Crippen LogP contribution is 2.31. The van der Waals surface area contributed by atoms with Gasteiger partial charge in [0.15, 0.2) is 11.5 Å². The highest BCUT2D eigenvalue weighted by Gasteiger charge is 2.12. The van der Waals surface area contributed by atoms with Gasteiger partial charge in [0.2, 0.25) is 0 Å². The van der Waals surface area contributed by atoms with Crippen LogP contribution in [0.15, 0.2) is 29.9 Å². The van der Waals surface area contributed by atoms with Gasteiger partial charge in [0.25, 0.3) is 0 Å². The molecule has 0 N–H and O–H groups in total. The van der Waals surface area contributed by atoms with Crippen LogP contribution < -0.4 is 9.47 Å². The molecule has 0 amide bonds. The van der Waals surface area contributed by atoms with Gasteiger partial charge in [-0.05, 0) is 24.7 Å². The molecule has 100 valence electrons. The number of ether oxygens (including phenoxy) is 2. The summed E-state index contributed by atoms with van der Waals surface area (Å²) < 4.78 is 11.1. The molecule has 4 nitrogen and oxygen atoms in total. The number of fused-ring (bicyclic) bond motifs is 1. The highest BCUT2D eigenvalue weighted by molar-refractivity contribution is 7.09. The predicted molar refractivity (Wildman–Crippen MR) is 74.7 cm³/mol. The van der Waals surface area contributed by atoms with Crippen LogP contribution in [-0.2, 0) is 13.1 Å². The first-order chi connectivity index (χ1) is 9.31. The van der Waals surface area contributed by atoms with Gasteiger partial charge in [0, 0.05) is 24.2 Å². The summed E-state index contributed by atoms with van der Waals surface area (Å²) in [7, 11) is 2.11. The minimum Gasteiger partial charge on any atom is -0.486 e. The fourth-order valence-electron chi connectivity index (χ4n) is 2.14. The fourth-order valence-corrected chi connectivity index (χ4v) is 2.81. The Hall–Kier alpha value is -1.59. The van der Waals surface area contributed by atoms with Crippen LogP contribution in [0.25, 0.3) is 0 Å². The van der Waals surface area contributed by atoms with Crippen molar-refractivity contribution in [1.29, 1.82) is 0 Å². The summed E-state index contributed by atoms with van der Waals surface area (Å²) in [6.45, 7) is 3.07. The van der Waals surface area contributed by atoms with E-state index < -0.39 is 0 Å². The summed E-state index contributed by atoms with van der Waals surface area (Å²) in [5.41, 5.74) is 3.10. The maximum absolute atomic E-state index is 5.60. The highest BCUT2D eigenvalue weighted by atomic mass is 32.1. The van der Waals surface area contributed by atoms with E-state index in [0.717, 1.165) is 24.6 Å². The Bertz CT molecular complexity index is 542. The van der Waals surface area contributed by atoms with E-state index in [2.05, 4.69) is 29.1 Å². The van der Waals surface area contributed by atoms with E-state index in [9.17, 15) is 0 Å². The lowest BCUT2D eigenvalue weighted by molar-refractivity contribution is 0.171. The normalized spacial score (nSPS) is 13.8. The van der Waals surface area contributed by atoms with Crippen LogP contribution >= 0.6 is 11.3 Å². The van der Waals surface area contributed by atoms with Crippen molar-refractivity contribution in [3.8, 4) is 11.5 Å². The van der Waals surface area contributed by atoms with Crippen LogP contribution in [0.5, 0.6) is 11.5 Å². The molecule has 0 aliphatic carbocycles. The van der Waals surface area contributed by atoms with Crippen molar-refractivity contribution in [3.63, 3.8) is 0 Å². The fraction of sp³-hybridized carbons (Fsp3) is 0.357. The first-order valence-electron chi connectivity index (χ1n) is 6.26. The van der Waals surface area contributed by atoms with Gasteiger partial charge in [-0.25, -0.2) is 0 Å². The minimum atomic E-state index is 0.632. The molecule has 5 heteroatoms. The lowest BCUT2D eigenvalue weighted by atomic mass is 10.2. The first-order valence-corrected chi connectivity index (χ1v) is 7.13. The number of thiazole rings is 1. The van der Waals surface area contributed by atoms with Crippen LogP contribution in [0.2, 0.25) is 0 Å². The Labute approximate surface area is 116 Å². The topological polar surface area (TPSA) is 34.6 Å². The molecule has 19 heavy (non-hydrogen) atoms. The van der Waals surface area contributed by atoms with Gasteiger partial charge < -0.3 is 9.47 Å². The monoisotopic (exact) mass is 276 g/mol. The average Bonchev–Trinajstić information content (AvgIpc) is 2.91. The van der Waals surface area contributed by atoms with Crippen molar-refractivity contribution in [2.75, 3.05) is 20.3 Å². The van der Waals surface area contributed by atoms with Crippen LogP contribution in [0.3, 0.4) is 0 Å². The number of nitrogens with zero attached hydrogens (tertiary/aromatic N) is 2. The number of hydrogen-bond donors (Lipinski definition) is 0. The quantitative estimate of drug-likeness (QED) is 0.859. The molecule has 3 rings (SSSR count). The number of rotatable bonds is 4. The second-order valence-electron chi connectivity index (χ2n) is 4.62. The number of benzene rings is 1. The summed E-state index contributed by atoms with van der Waals surface area (Å²) in [5.74, 6) is 1.70. The lowest BCUT2D eigenvalue weighted by Crippen LogP contribution is -2.18. The number of aromatic nitrogens is 1. The maximum atomic E-state index is 5.60. The van der Waals surface area contributed by atoms with Gasteiger partial charge in [-0.3, -0.25) is 9.88 Å². The summed E-state index contributed by atoms with van der Waals surface area (Å²) in [4.78, 5) is 7.64. The molecule has 0 saturated carbocycles. The second-order valence-corrected chi connectivity index (χ2v) is 5.59. The lowest BCUT2D eigenvalue weighted by Gasteiger charge is -2.20. The van der Waals surface area contributed by atoms with Crippen LogP contribution in [0.1, 0.15) is 10.4 Å². The maximum Gasteiger partial charge on any atom is 0.161 e. The van der Waals surface area contributed by atoms with E-state index in [-0.39, 0.29) is 0 Å². The SMILES string of the molecule is CN(Cc1ccc2c(c1)OCCO2)Cc1cncs1. The summed E-state index contributed by atoms with van der Waals surface area (Å²) in [5, 5.41) is 0. The minimum absolute atomic E-state index is 0.632. The van der Waals surface area contributed by atoms with Crippen LogP contribution in [-0.4, -0.2) is 30.1 Å². The van der Waals surface area contributed by atoms with Gasteiger partial charge in [-0.15, -0.1) is 11.3 Å². The third-order valence-corrected chi connectivity index (χ3v) is 3.73. The van der Waals surface area contributed by atoms with Gasteiger partial charge in [0.05, 0.1) is 5.51 Å². The largest absolute Gasteiger partial charge is 0.486 e. The summed E-state index contributed by atoms with van der Waals surface area (Å²) >= 11 is 1.69. The molecule has 1 aromatic heterocycles. The molecule has 2 aromatic rings. The van der Waals surface area contributed by atoms with Crippen LogP contribution in [0, 0.1) is 0 Å². The number of hydrogen-bond acceptors (Lipinski definition) is 5. The van der Waals surface area contributed by atoms with Crippen molar-refractivity contribution in [2.24, 2.45) is 0 Å². The van der Waals surface area contributed by atoms with E-state index in [0.29, 0.717) is 13.2 Å². The Morgan fingerprint density at radius 2 is 2.05 bits per heavy atom. The van der Waals surface area contributed by atoms with Crippen molar-refractivity contribution < 1.29 is 9.47 Å². The van der Waals surface area contributed by atoms with Gasteiger partial charge >= 0.3 is 0 Å². The van der Waals surface area contributed by atoms with E-state index >= 15 is 0 Å². The summed E-state index contributed by atoms with van der Waals surface area (Å²) in [6, 6.07) is 6.15. The Morgan fingerprint density at radius 1 is 1.21 bits per heavy atom. The second kappa shape index (κ2) is 5.59. The van der Waals surface area contributed by atoms with Gasteiger partial charge in [-0.2, -0.15) is 0 Å². The molecular weight excluding hydrogens is 260 g/mol. The molecular formula is C14H16N2O2S. The zero-order valence-corrected chi connectivity index (χ0v) is 11.7. The van der Waals surface area contributed by atoms with Crippen molar-refractivity contribution in [1.82, 2.24) is 9.88 Å². The molecule has 0 radical (unpaired) electrons. The van der Waals surface area contributed by atoms with E-state index in [1.165, 1.54) is 10.4 Å². The summed E-state index contributed by atoms with van der Waals surface area (Å²) in [6.07, 6.45) is 1.92. The Morgan fingerprint density at radius 3 is 2.84 bits per heavy atom. The van der Waals surface area contributed by atoms with Crippen LogP contribution in [0.4, 0.5) is 0 Å². The van der Waals surface area contributed by atoms with Gasteiger partial charge in [0.1, 0.15) is 13.2 Å². The van der Waals surface area contributed by atoms with E-state index in [1.807, 2.05) is 17.8 Å². The third kappa shape index (κ3) is 3.05. The van der Waals surface area contributed by atoms with Crippen molar-refractivity contribution in [2.45, 2.75) is 13.1 Å². The predicted octanol–water partition coefficient (Wildman–Crippen LogP) is 2.55. The molecule has 0 saturated heterocycles. The van der Waals surface area contributed by atoms with E-state index in [4.69, 9.17) is 9.47 Å². The standard InChI is InChI=1S/C14H16N2O2S/c1-16(9-12-7-15-10-19-12)8-11-2-3-13-14(6-11)18-5-4-17-13/h2-3,6-7,10H,4-5,8-9H2,1H3. The van der Waals surface area contributed by atoms with Crippen molar-refractivity contribution >= 4 is 11.3 Å². The molecule has 0 bridgehead atoms. The smallest absolute Gasteiger partial charge is 0.161 e. The van der Waals surface area contributed by atoms with E-state index in [1.54, 1.807) is 11.3 Å². The third-order valence-electron chi connectivity index (χ3n) is 2.97. The molecule has 0 atom stereocenters.